The van der Waals surface area contributed by atoms with Crippen molar-refractivity contribution in [2.24, 2.45) is 11.7 Å². The van der Waals surface area contributed by atoms with Crippen LogP contribution < -0.4 is 10.6 Å². The lowest BCUT2D eigenvalue weighted by Crippen LogP contribution is -2.33. The fraction of sp³-hybridized carbons (Fsp3) is 0.538. The van der Waals surface area contributed by atoms with Crippen LogP contribution in [0.2, 0.25) is 0 Å². The first-order valence-electron chi connectivity index (χ1n) is 5.86. The van der Waals surface area contributed by atoms with E-state index in [0.29, 0.717) is 12.0 Å². The molecule has 1 saturated heterocycles. The lowest BCUT2D eigenvalue weighted by atomic mass is 10.0. The molecule has 0 saturated carbocycles. The van der Waals surface area contributed by atoms with Gasteiger partial charge < -0.3 is 10.6 Å². The highest BCUT2D eigenvalue weighted by Crippen LogP contribution is 2.32. The highest BCUT2D eigenvalue weighted by Gasteiger charge is 2.30. The number of halogens is 1. The van der Waals surface area contributed by atoms with Gasteiger partial charge >= 0.3 is 0 Å². The smallest absolute Gasteiger partial charge is 0.0399 e. The normalized spacial score (nSPS) is 25.1. The van der Waals surface area contributed by atoms with E-state index in [1.54, 1.807) is 0 Å². The van der Waals surface area contributed by atoms with Gasteiger partial charge in [-0.25, -0.2) is 0 Å². The Hall–Kier alpha value is -0.540. The Balaban J connectivity index is 2.25. The van der Waals surface area contributed by atoms with Crippen LogP contribution in [0.4, 0.5) is 5.69 Å². The summed E-state index contributed by atoms with van der Waals surface area (Å²) in [6, 6.07) is 7.06. The summed E-state index contributed by atoms with van der Waals surface area (Å²) >= 11 is 3.51. The minimum absolute atomic E-state index is 0.560. The lowest BCUT2D eigenvalue weighted by Gasteiger charge is -2.28. The summed E-state index contributed by atoms with van der Waals surface area (Å²) in [5.41, 5.74) is 8.48. The standard InChI is InChI=1S/C13H19BrN2/c1-9-7-12(14)3-4-13(9)16-6-5-11(8-15)10(16)2/h3-4,7,10-11H,5-6,8,15H2,1-2H3. The number of anilines is 1. The van der Waals surface area contributed by atoms with E-state index < -0.39 is 0 Å². The Morgan fingerprint density at radius 1 is 1.50 bits per heavy atom. The van der Waals surface area contributed by atoms with Crippen LogP contribution in [0.15, 0.2) is 22.7 Å². The van der Waals surface area contributed by atoms with Crippen molar-refractivity contribution >= 4 is 21.6 Å². The fourth-order valence-corrected chi connectivity index (χ4v) is 3.08. The molecule has 1 aliphatic rings. The third kappa shape index (κ3) is 2.11. The van der Waals surface area contributed by atoms with Crippen molar-refractivity contribution in [3.05, 3.63) is 28.2 Å². The third-order valence-corrected chi connectivity index (χ3v) is 4.18. The molecular weight excluding hydrogens is 264 g/mol. The summed E-state index contributed by atoms with van der Waals surface area (Å²) in [5.74, 6) is 0.642. The van der Waals surface area contributed by atoms with Gasteiger partial charge in [0.2, 0.25) is 0 Å². The Bertz CT molecular complexity index is 378. The summed E-state index contributed by atoms with van der Waals surface area (Å²) in [6.07, 6.45) is 1.22. The topological polar surface area (TPSA) is 29.3 Å². The first-order chi connectivity index (χ1) is 7.63. The number of nitrogens with two attached hydrogens (primary N) is 1. The van der Waals surface area contributed by atoms with Crippen LogP contribution in [0.25, 0.3) is 0 Å². The Morgan fingerprint density at radius 3 is 2.81 bits per heavy atom. The van der Waals surface area contributed by atoms with Crippen LogP contribution in [-0.2, 0) is 0 Å². The molecule has 2 atom stereocenters. The fourth-order valence-electron chi connectivity index (χ4n) is 2.60. The summed E-state index contributed by atoms with van der Waals surface area (Å²) < 4.78 is 1.15. The zero-order valence-corrected chi connectivity index (χ0v) is 11.5. The molecule has 1 fully saturated rings. The van der Waals surface area contributed by atoms with E-state index >= 15 is 0 Å². The quantitative estimate of drug-likeness (QED) is 0.904. The van der Waals surface area contributed by atoms with Crippen LogP contribution in [-0.4, -0.2) is 19.1 Å². The predicted octanol–water partition coefficient (Wildman–Crippen LogP) is 2.93. The first kappa shape index (κ1) is 11.9. The van der Waals surface area contributed by atoms with Crippen molar-refractivity contribution in [2.75, 3.05) is 18.0 Å². The molecule has 0 bridgehead atoms. The van der Waals surface area contributed by atoms with Gasteiger partial charge in [-0.05, 0) is 56.5 Å². The van der Waals surface area contributed by atoms with E-state index in [9.17, 15) is 0 Å². The molecule has 2 nitrogen and oxygen atoms in total. The number of hydrogen-bond acceptors (Lipinski definition) is 2. The molecule has 3 heteroatoms. The number of rotatable bonds is 2. The summed E-state index contributed by atoms with van der Waals surface area (Å²) in [6.45, 7) is 6.38. The second-order valence-electron chi connectivity index (χ2n) is 4.65. The molecule has 1 heterocycles. The second-order valence-corrected chi connectivity index (χ2v) is 5.56. The molecule has 1 aliphatic heterocycles. The summed E-state index contributed by atoms with van der Waals surface area (Å²) in [4.78, 5) is 2.49. The van der Waals surface area contributed by atoms with Gasteiger partial charge in [-0.1, -0.05) is 15.9 Å². The van der Waals surface area contributed by atoms with E-state index in [4.69, 9.17) is 5.73 Å². The zero-order chi connectivity index (χ0) is 11.7. The van der Waals surface area contributed by atoms with Crippen LogP contribution in [0, 0.1) is 12.8 Å². The minimum atomic E-state index is 0.560. The van der Waals surface area contributed by atoms with Crippen molar-refractivity contribution < 1.29 is 0 Å². The molecule has 2 unspecified atom stereocenters. The molecule has 1 aromatic rings. The van der Waals surface area contributed by atoms with E-state index in [0.717, 1.165) is 17.6 Å². The molecule has 0 amide bonds. The zero-order valence-electron chi connectivity index (χ0n) is 9.91. The number of benzene rings is 1. The SMILES string of the molecule is Cc1cc(Br)ccc1N1CCC(CN)C1C. The van der Waals surface area contributed by atoms with Gasteiger partial charge in [0.05, 0.1) is 0 Å². The number of aryl methyl sites for hydroxylation is 1. The van der Waals surface area contributed by atoms with Gasteiger partial charge in [0.25, 0.3) is 0 Å². The van der Waals surface area contributed by atoms with Crippen molar-refractivity contribution in [3.8, 4) is 0 Å². The van der Waals surface area contributed by atoms with Crippen molar-refractivity contribution in [3.63, 3.8) is 0 Å². The summed E-state index contributed by atoms with van der Waals surface area (Å²) in [5, 5.41) is 0. The largest absolute Gasteiger partial charge is 0.368 e. The maximum absolute atomic E-state index is 5.79. The summed E-state index contributed by atoms with van der Waals surface area (Å²) in [7, 11) is 0. The monoisotopic (exact) mass is 282 g/mol. The highest BCUT2D eigenvalue weighted by molar-refractivity contribution is 9.10. The van der Waals surface area contributed by atoms with Crippen molar-refractivity contribution in [1.29, 1.82) is 0 Å². The van der Waals surface area contributed by atoms with Crippen LogP contribution in [0.3, 0.4) is 0 Å². The van der Waals surface area contributed by atoms with E-state index in [2.05, 4.69) is 52.9 Å². The average Bonchev–Trinajstić information content (AvgIpc) is 2.60. The van der Waals surface area contributed by atoms with E-state index in [-0.39, 0.29) is 0 Å². The third-order valence-electron chi connectivity index (χ3n) is 3.69. The van der Waals surface area contributed by atoms with Gasteiger partial charge in [0.15, 0.2) is 0 Å². The maximum Gasteiger partial charge on any atom is 0.0399 e. The molecule has 0 aliphatic carbocycles. The van der Waals surface area contributed by atoms with Gasteiger partial charge in [-0.3, -0.25) is 0 Å². The van der Waals surface area contributed by atoms with Gasteiger partial charge in [-0.2, -0.15) is 0 Å². The van der Waals surface area contributed by atoms with Gasteiger partial charge in [-0.15, -0.1) is 0 Å². The highest BCUT2D eigenvalue weighted by atomic mass is 79.9. The van der Waals surface area contributed by atoms with Gasteiger partial charge in [0.1, 0.15) is 0 Å². The minimum Gasteiger partial charge on any atom is -0.368 e. The Kier molecular flexibility index (Phi) is 3.55. The predicted molar refractivity (Wildman–Crippen MR) is 72.8 cm³/mol. The molecule has 0 spiro atoms. The molecular formula is C13H19BrN2. The Labute approximate surface area is 106 Å². The van der Waals surface area contributed by atoms with Gasteiger partial charge in [0, 0.05) is 22.7 Å². The first-order valence-corrected chi connectivity index (χ1v) is 6.65. The lowest BCUT2D eigenvalue weighted by molar-refractivity contribution is 0.508. The van der Waals surface area contributed by atoms with Crippen LogP contribution in [0.5, 0.6) is 0 Å². The molecule has 2 rings (SSSR count). The molecule has 2 N–H and O–H groups in total. The van der Waals surface area contributed by atoms with Crippen molar-refractivity contribution in [2.45, 2.75) is 26.3 Å². The number of nitrogens with zero attached hydrogens (tertiary/aromatic N) is 1. The van der Waals surface area contributed by atoms with Crippen molar-refractivity contribution in [1.82, 2.24) is 0 Å². The molecule has 0 radical (unpaired) electrons. The number of hydrogen-bond donors (Lipinski definition) is 1. The molecule has 0 aromatic heterocycles. The van der Waals surface area contributed by atoms with E-state index in [1.807, 2.05) is 0 Å². The Morgan fingerprint density at radius 2 is 2.25 bits per heavy atom. The average molecular weight is 283 g/mol. The molecule has 88 valence electrons. The maximum atomic E-state index is 5.79. The van der Waals surface area contributed by atoms with Crippen LogP contribution >= 0.6 is 15.9 Å². The second kappa shape index (κ2) is 4.76. The van der Waals surface area contributed by atoms with E-state index in [1.165, 1.54) is 17.7 Å². The molecule has 16 heavy (non-hydrogen) atoms. The molecule has 1 aromatic carbocycles. The van der Waals surface area contributed by atoms with Crippen LogP contribution in [0.1, 0.15) is 18.9 Å².